The van der Waals surface area contributed by atoms with E-state index in [0.29, 0.717) is 22.3 Å². The van der Waals surface area contributed by atoms with Crippen LogP contribution < -0.4 is 4.74 Å². The van der Waals surface area contributed by atoms with Gasteiger partial charge in [-0.1, -0.05) is 11.6 Å². The molecule has 0 radical (unpaired) electrons. The van der Waals surface area contributed by atoms with E-state index >= 15 is 0 Å². The van der Waals surface area contributed by atoms with Crippen molar-refractivity contribution in [3.63, 3.8) is 0 Å². The first-order valence-corrected chi connectivity index (χ1v) is 6.33. The van der Waals surface area contributed by atoms with Gasteiger partial charge in [0.2, 0.25) is 0 Å². The van der Waals surface area contributed by atoms with Crippen molar-refractivity contribution in [2.75, 3.05) is 6.61 Å². The molecule has 0 saturated carbocycles. The molecule has 0 saturated heterocycles. The number of halogens is 1. The van der Waals surface area contributed by atoms with Gasteiger partial charge in [0.25, 0.3) is 0 Å². The van der Waals surface area contributed by atoms with Gasteiger partial charge in [0, 0.05) is 10.9 Å². The molecule has 17 heavy (non-hydrogen) atoms. The van der Waals surface area contributed by atoms with Crippen molar-refractivity contribution >= 4 is 29.2 Å². The molecule has 0 amide bonds. The van der Waals surface area contributed by atoms with Crippen molar-refractivity contribution < 1.29 is 9.53 Å². The van der Waals surface area contributed by atoms with Crippen LogP contribution in [0.5, 0.6) is 5.75 Å². The van der Waals surface area contributed by atoms with Crippen molar-refractivity contribution in [3.05, 3.63) is 33.6 Å². The van der Waals surface area contributed by atoms with Crippen LogP contribution in [0.4, 0.5) is 0 Å². The highest BCUT2D eigenvalue weighted by Crippen LogP contribution is 2.31. The van der Waals surface area contributed by atoms with E-state index in [2.05, 4.69) is 4.98 Å². The minimum atomic E-state index is 0.449. The van der Waals surface area contributed by atoms with Crippen molar-refractivity contribution in [2.45, 2.75) is 6.92 Å². The predicted octanol–water partition coefficient (Wildman–Crippen LogP) is 3.67. The molecule has 0 unspecified atom stereocenters. The average molecular weight is 268 g/mol. The second-order valence-corrected chi connectivity index (χ2v) is 4.56. The number of nitrogens with zero attached hydrogens (tertiary/aromatic N) is 1. The topological polar surface area (TPSA) is 39.2 Å². The molecule has 3 nitrogen and oxygen atoms in total. The Morgan fingerprint density at radius 2 is 2.35 bits per heavy atom. The van der Waals surface area contributed by atoms with Crippen LogP contribution in [-0.2, 0) is 0 Å². The third-order valence-corrected chi connectivity index (χ3v) is 3.23. The fourth-order valence-corrected chi connectivity index (χ4v) is 2.31. The van der Waals surface area contributed by atoms with Crippen LogP contribution in [0.15, 0.2) is 23.6 Å². The third kappa shape index (κ3) is 2.65. The van der Waals surface area contributed by atoms with Gasteiger partial charge in [0.1, 0.15) is 5.75 Å². The Morgan fingerprint density at radius 3 is 2.94 bits per heavy atom. The molecular weight excluding hydrogens is 258 g/mol. The van der Waals surface area contributed by atoms with Crippen LogP contribution in [0.3, 0.4) is 0 Å². The van der Waals surface area contributed by atoms with Crippen LogP contribution in [0.25, 0.3) is 11.3 Å². The highest BCUT2D eigenvalue weighted by Gasteiger charge is 2.09. The number of thiazole rings is 1. The first kappa shape index (κ1) is 12.1. The Hall–Kier alpha value is -1.39. The summed E-state index contributed by atoms with van der Waals surface area (Å²) in [5.74, 6) is 0.729. The summed E-state index contributed by atoms with van der Waals surface area (Å²) in [5, 5.41) is 2.83. The summed E-state index contributed by atoms with van der Waals surface area (Å²) in [5.41, 5.74) is 1.52. The number of hydrogen-bond donors (Lipinski definition) is 0. The number of aldehydes is 1. The molecule has 0 atom stereocenters. The molecule has 0 bridgehead atoms. The minimum Gasteiger partial charge on any atom is -0.494 e. The highest BCUT2D eigenvalue weighted by molar-refractivity contribution is 7.11. The van der Waals surface area contributed by atoms with Crippen molar-refractivity contribution in [1.82, 2.24) is 4.98 Å². The van der Waals surface area contributed by atoms with Crippen LogP contribution in [0.2, 0.25) is 5.02 Å². The molecule has 2 aromatic rings. The Bertz CT molecular complexity index is 539. The van der Waals surface area contributed by atoms with Gasteiger partial charge < -0.3 is 4.74 Å². The summed E-state index contributed by atoms with van der Waals surface area (Å²) < 4.78 is 5.35. The van der Waals surface area contributed by atoms with Gasteiger partial charge in [0.05, 0.1) is 17.3 Å². The Morgan fingerprint density at radius 1 is 1.53 bits per heavy atom. The minimum absolute atomic E-state index is 0.449. The first-order chi connectivity index (χ1) is 8.24. The van der Waals surface area contributed by atoms with Gasteiger partial charge in [-0.25, -0.2) is 4.98 Å². The zero-order valence-corrected chi connectivity index (χ0v) is 10.7. The second-order valence-electron chi connectivity index (χ2n) is 3.26. The molecule has 0 aliphatic heterocycles. The summed E-state index contributed by atoms with van der Waals surface area (Å²) in [6.45, 7) is 2.51. The Balaban J connectivity index is 2.35. The zero-order chi connectivity index (χ0) is 12.3. The fourth-order valence-electron chi connectivity index (χ4n) is 1.43. The first-order valence-electron chi connectivity index (χ1n) is 5.08. The van der Waals surface area contributed by atoms with Crippen LogP contribution >= 0.6 is 22.9 Å². The van der Waals surface area contributed by atoms with Crippen LogP contribution in [-0.4, -0.2) is 17.9 Å². The number of hydrogen-bond acceptors (Lipinski definition) is 4. The summed E-state index contributed by atoms with van der Waals surface area (Å²) in [6, 6.07) is 5.43. The van der Waals surface area contributed by atoms with Gasteiger partial charge in [-0.15, -0.1) is 11.3 Å². The Kier molecular flexibility index (Phi) is 3.76. The van der Waals surface area contributed by atoms with Crippen molar-refractivity contribution in [1.29, 1.82) is 0 Å². The number of benzene rings is 1. The lowest BCUT2D eigenvalue weighted by atomic mass is 10.1. The number of carbonyl (C=O) groups excluding carboxylic acids is 1. The fraction of sp³-hybridized carbons (Fsp3) is 0.167. The van der Waals surface area contributed by atoms with E-state index in [1.807, 2.05) is 24.4 Å². The monoisotopic (exact) mass is 267 g/mol. The summed E-state index contributed by atoms with van der Waals surface area (Å²) in [4.78, 5) is 14.7. The van der Waals surface area contributed by atoms with Gasteiger partial charge >= 0.3 is 0 Å². The number of rotatable bonds is 4. The van der Waals surface area contributed by atoms with Gasteiger partial charge in [-0.3, -0.25) is 4.79 Å². The maximum absolute atomic E-state index is 10.6. The smallest absolute Gasteiger partial charge is 0.178 e. The van der Waals surface area contributed by atoms with Crippen LogP contribution in [0.1, 0.15) is 16.7 Å². The number of ether oxygens (including phenoxy) is 1. The van der Waals surface area contributed by atoms with Crippen molar-refractivity contribution in [3.8, 4) is 17.0 Å². The Labute approximate surface area is 108 Å². The average Bonchev–Trinajstić information content (AvgIpc) is 2.78. The normalized spacial score (nSPS) is 10.2. The van der Waals surface area contributed by atoms with Gasteiger partial charge in [-0.05, 0) is 25.1 Å². The molecule has 1 aromatic carbocycles. The molecule has 1 aromatic heterocycles. The molecule has 0 aliphatic carbocycles. The van der Waals surface area contributed by atoms with E-state index in [0.717, 1.165) is 17.6 Å². The molecule has 0 spiro atoms. The van der Waals surface area contributed by atoms with E-state index in [1.54, 1.807) is 6.07 Å². The standard InChI is InChI=1S/C12H10ClNO2S/c1-2-16-8-3-4-9(10(13)5-8)11-7-17-12(6-15)14-11/h3-7H,2H2,1H3. The molecule has 1 heterocycles. The lowest BCUT2D eigenvalue weighted by Crippen LogP contribution is -1.91. The maximum Gasteiger partial charge on any atom is 0.178 e. The number of carbonyl (C=O) groups is 1. The molecule has 88 valence electrons. The summed E-state index contributed by atoms with van der Waals surface area (Å²) in [6.07, 6.45) is 0.733. The molecule has 5 heteroatoms. The molecule has 0 aliphatic rings. The second kappa shape index (κ2) is 5.29. The van der Waals surface area contributed by atoms with Crippen LogP contribution in [0, 0.1) is 0 Å². The van der Waals surface area contributed by atoms with Gasteiger partial charge in [-0.2, -0.15) is 0 Å². The lowest BCUT2D eigenvalue weighted by molar-refractivity contribution is 0.112. The molecular formula is C12H10ClNO2S. The lowest BCUT2D eigenvalue weighted by Gasteiger charge is -2.05. The van der Waals surface area contributed by atoms with E-state index in [1.165, 1.54) is 11.3 Å². The van der Waals surface area contributed by atoms with Gasteiger partial charge in [0.15, 0.2) is 11.3 Å². The van der Waals surface area contributed by atoms with E-state index < -0.39 is 0 Å². The van der Waals surface area contributed by atoms with Crippen molar-refractivity contribution in [2.24, 2.45) is 0 Å². The highest BCUT2D eigenvalue weighted by atomic mass is 35.5. The third-order valence-electron chi connectivity index (χ3n) is 2.15. The van der Waals surface area contributed by atoms with E-state index in [9.17, 15) is 4.79 Å². The maximum atomic E-state index is 10.6. The summed E-state index contributed by atoms with van der Waals surface area (Å²) >= 11 is 7.45. The number of aromatic nitrogens is 1. The van der Waals surface area contributed by atoms with E-state index in [-0.39, 0.29) is 0 Å². The summed E-state index contributed by atoms with van der Waals surface area (Å²) in [7, 11) is 0. The molecule has 0 fully saturated rings. The largest absolute Gasteiger partial charge is 0.494 e. The zero-order valence-electron chi connectivity index (χ0n) is 9.14. The SMILES string of the molecule is CCOc1ccc(-c2csc(C=O)n2)c(Cl)c1. The quantitative estimate of drug-likeness (QED) is 0.794. The predicted molar refractivity (Wildman–Crippen MR) is 69.1 cm³/mol. The molecule has 2 rings (SSSR count). The molecule has 0 N–H and O–H groups in total. The van der Waals surface area contributed by atoms with E-state index in [4.69, 9.17) is 16.3 Å².